The second kappa shape index (κ2) is 5.49. The van der Waals surface area contributed by atoms with Gasteiger partial charge in [0.05, 0.1) is 6.07 Å². The molecule has 0 spiro atoms. The summed E-state index contributed by atoms with van der Waals surface area (Å²) in [6.45, 7) is 4.89. The van der Waals surface area contributed by atoms with Gasteiger partial charge in [0.1, 0.15) is 11.3 Å². The van der Waals surface area contributed by atoms with Gasteiger partial charge in [-0.1, -0.05) is 6.07 Å². The zero-order chi connectivity index (χ0) is 15.6. The first-order valence-corrected chi connectivity index (χ1v) is 5.70. The summed E-state index contributed by atoms with van der Waals surface area (Å²) in [4.78, 5) is 15.0. The Kier molecular flexibility index (Phi) is 4.38. The maximum Gasteiger partial charge on any atom is 0.433 e. The fourth-order valence-corrected chi connectivity index (χ4v) is 1.37. The number of carbonyl (C=O) groups excluding carboxylic acids is 1. The molecule has 1 aromatic heterocycles. The molecule has 1 rings (SSSR count). The molecule has 20 heavy (non-hydrogen) atoms. The van der Waals surface area contributed by atoms with Crippen molar-refractivity contribution in [3.8, 4) is 6.07 Å². The van der Waals surface area contributed by atoms with Crippen molar-refractivity contribution in [2.75, 3.05) is 0 Å². The van der Waals surface area contributed by atoms with Crippen LogP contribution in [0.1, 0.15) is 37.9 Å². The molecule has 0 aliphatic rings. The van der Waals surface area contributed by atoms with Crippen LogP contribution in [0.2, 0.25) is 0 Å². The molecule has 0 aliphatic carbocycles. The molecule has 0 amide bonds. The third kappa shape index (κ3) is 4.23. The van der Waals surface area contributed by atoms with E-state index in [0.717, 1.165) is 18.3 Å². The van der Waals surface area contributed by atoms with E-state index in [1.807, 2.05) is 0 Å². The van der Waals surface area contributed by atoms with Crippen LogP contribution in [0.5, 0.6) is 0 Å². The maximum absolute atomic E-state index is 12.4. The van der Waals surface area contributed by atoms with Crippen molar-refractivity contribution in [3.05, 3.63) is 29.6 Å². The van der Waals surface area contributed by atoms with Crippen molar-refractivity contribution in [1.82, 2.24) is 4.98 Å². The number of ether oxygens (including phenoxy) is 1. The van der Waals surface area contributed by atoms with Gasteiger partial charge in [-0.25, -0.2) is 0 Å². The van der Waals surface area contributed by atoms with Gasteiger partial charge in [-0.3, -0.25) is 9.78 Å². The Morgan fingerprint density at radius 2 is 1.95 bits per heavy atom. The Balaban J connectivity index is 2.98. The van der Waals surface area contributed by atoms with Gasteiger partial charge in [-0.2, -0.15) is 18.4 Å². The predicted molar refractivity (Wildman–Crippen MR) is 63.4 cm³/mol. The van der Waals surface area contributed by atoms with E-state index < -0.39 is 29.4 Å². The van der Waals surface area contributed by atoms with E-state index in [0.29, 0.717) is 0 Å². The van der Waals surface area contributed by atoms with Gasteiger partial charge in [0, 0.05) is 6.20 Å². The topological polar surface area (TPSA) is 63.0 Å². The highest BCUT2D eigenvalue weighted by Crippen LogP contribution is 2.28. The third-order valence-corrected chi connectivity index (χ3v) is 2.18. The average Bonchev–Trinajstić information content (AvgIpc) is 2.27. The fraction of sp³-hybridized carbons (Fsp3) is 0.462. The highest BCUT2D eigenvalue weighted by Gasteiger charge is 2.33. The molecule has 0 fully saturated rings. The fourth-order valence-electron chi connectivity index (χ4n) is 1.37. The molecule has 0 radical (unpaired) electrons. The number of alkyl halides is 3. The van der Waals surface area contributed by atoms with Crippen molar-refractivity contribution >= 4 is 5.97 Å². The van der Waals surface area contributed by atoms with Crippen molar-refractivity contribution in [1.29, 1.82) is 5.26 Å². The summed E-state index contributed by atoms with van der Waals surface area (Å²) in [5, 5.41) is 8.98. The average molecular weight is 286 g/mol. The Hall–Kier alpha value is -2.10. The van der Waals surface area contributed by atoms with Crippen LogP contribution in [0.15, 0.2) is 18.3 Å². The number of aromatic nitrogens is 1. The highest BCUT2D eigenvalue weighted by atomic mass is 19.4. The van der Waals surface area contributed by atoms with E-state index in [-0.39, 0.29) is 5.56 Å². The van der Waals surface area contributed by atoms with E-state index >= 15 is 0 Å². The van der Waals surface area contributed by atoms with Crippen LogP contribution < -0.4 is 0 Å². The summed E-state index contributed by atoms with van der Waals surface area (Å²) in [6, 6.07) is 3.48. The molecule has 108 valence electrons. The predicted octanol–water partition coefficient (Wildman–Crippen LogP) is 3.05. The molecular weight excluding hydrogens is 273 g/mol. The minimum absolute atomic E-state index is 0.0646. The van der Waals surface area contributed by atoms with Crippen LogP contribution >= 0.6 is 0 Å². The molecule has 0 aromatic carbocycles. The number of hydrogen-bond acceptors (Lipinski definition) is 4. The zero-order valence-corrected chi connectivity index (χ0v) is 11.2. The molecule has 0 N–H and O–H groups in total. The molecule has 4 nitrogen and oxygen atoms in total. The second-order valence-corrected chi connectivity index (χ2v) is 5.07. The zero-order valence-electron chi connectivity index (χ0n) is 11.2. The Bertz CT molecular complexity index is 525. The standard InChI is InChI=1S/C13H13F3N2O2/c1-12(2,3)20-11(19)9(6-17)8-4-5-10(18-7-8)13(14,15)16/h4-5,7,9H,1-3H3. The van der Waals surface area contributed by atoms with E-state index in [1.165, 1.54) is 0 Å². The lowest BCUT2D eigenvalue weighted by molar-refractivity contribution is -0.155. The molecule has 0 saturated carbocycles. The molecule has 1 aromatic rings. The smallest absolute Gasteiger partial charge is 0.433 e. The van der Waals surface area contributed by atoms with E-state index in [2.05, 4.69) is 4.98 Å². The SMILES string of the molecule is CC(C)(C)OC(=O)C(C#N)c1ccc(C(F)(F)F)nc1. The van der Waals surface area contributed by atoms with Gasteiger partial charge >= 0.3 is 12.1 Å². The molecule has 1 atom stereocenters. The Morgan fingerprint density at radius 1 is 1.35 bits per heavy atom. The van der Waals surface area contributed by atoms with E-state index in [1.54, 1.807) is 26.8 Å². The van der Waals surface area contributed by atoms with Crippen LogP contribution in [0, 0.1) is 11.3 Å². The Morgan fingerprint density at radius 3 is 2.30 bits per heavy atom. The van der Waals surface area contributed by atoms with E-state index in [9.17, 15) is 18.0 Å². The first-order chi connectivity index (χ1) is 9.04. The van der Waals surface area contributed by atoms with Gasteiger partial charge < -0.3 is 4.74 Å². The summed E-state index contributed by atoms with van der Waals surface area (Å²) in [6.07, 6.45) is -3.70. The molecule has 0 aliphatic heterocycles. The largest absolute Gasteiger partial charge is 0.459 e. The number of hydrogen-bond donors (Lipinski definition) is 0. The Labute approximate surface area is 114 Å². The quantitative estimate of drug-likeness (QED) is 0.784. The number of rotatable bonds is 2. The molecule has 1 unspecified atom stereocenters. The number of pyridine rings is 1. The summed E-state index contributed by atoms with van der Waals surface area (Å²) in [5.74, 6) is -2.12. The minimum atomic E-state index is -4.56. The highest BCUT2D eigenvalue weighted by molar-refractivity contribution is 5.81. The molecular formula is C13H13F3N2O2. The lowest BCUT2D eigenvalue weighted by Gasteiger charge is -2.21. The lowest BCUT2D eigenvalue weighted by atomic mass is 10.0. The van der Waals surface area contributed by atoms with Gasteiger partial charge in [0.2, 0.25) is 0 Å². The van der Waals surface area contributed by atoms with Gasteiger partial charge in [-0.05, 0) is 32.4 Å². The number of nitrogens with zero attached hydrogens (tertiary/aromatic N) is 2. The first kappa shape index (κ1) is 16.0. The number of halogens is 3. The molecule has 0 saturated heterocycles. The number of carbonyl (C=O) groups is 1. The summed E-state index contributed by atoms with van der Waals surface area (Å²) in [7, 11) is 0. The monoisotopic (exact) mass is 286 g/mol. The van der Waals surface area contributed by atoms with Crippen LogP contribution in [-0.4, -0.2) is 16.6 Å². The normalized spacial score (nSPS) is 13.4. The summed E-state index contributed by atoms with van der Waals surface area (Å²) < 4.78 is 42.1. The van der Waals surface area contributed by atoms with Gasteiger partial charge in [-0.15, -0.1) is 0 Å². The lowest BCUT2D eigenvalue weighted by Crippen LogP contribution is -2.27. The molecule has 0 bridgehead atoms. The van der Waals surface area contributed by atoms with E-state index in [4.69, 9.17) is 10.00 Å². The van der Waals surface area contributed by atoms with Gasteiger partial charge in [0.25, 0.3) is 0 Å². The van der Waals surface area contributed by atoms with Crippen LogP contribution in [0.3, 0.4) is 0 Å². The minimum Gasteiger partial charge on any atom is -0.459 e. The second-order valence-electron chi connectivity index (χ2n) is 5.07. The number of nitriles is 1. The van der Waals surface area contributed by atoms with Crippen molar-refractivity contribution < 1.29 is 22.7 Å². The van der Waals surface area contributed by atoms with Crippen molar-refractivity contribution in [2.45, 2.75) is 38.5 Å². The maximum atomic E-state index is 12.4. The van der Waals surface area contributed by atoms with Crippen molar-refractivity contribution in [3.63, 3.8) is 0 Å². The summed E-state index contributed by atoms with van der Waals surface area (Å²) >= 11 is 0. The van der Waals surface area contributed by atoms with Crippen LogP contribution in [-0.2, 0) is 15.7 Å². The summed E-state index contributed by atoms with van der Waals surface area (Å²) in [5.41, 5.74) is -1.80. The molecule has 7 heteroatoms. The van der Waals surface area contributed by atoms with Crippen LogP contribution in [0.4, 0.5) is 13.2 Å². The van der Waals surface area contributed by atoms with Gasteiger partial charge in [0.15, 0.2) is 5.92 Å². The first-order valence-electron chi connectivity index (χ1n) is 5.70. The van der Waals surface area contributed by atoms with Crippen LogP contribution in [0.25, 0.3) is 0 Å². The molecule has 1 heterocycles. The van der Waals surface area contributed by atoms with Crippen molar-refractivity contribution in [2.24, 2.45) is 0 Å². The third-order valence-electron chi connectivity index (χ3n) is 2.18. The number of esters is 1.